The van der Waals surface area contributed by atoms with E-state index in [2.05, 4.69) is 0 Å². The van der Waals surface area contributed by atoms with Gasteiger partial charge in [-0.05, 0) is 25.0 Å². The van der Waals surface area contributed by atoms with Crippen molar-refractivity contribution >= 4 is 41.8 Å². The van der Waals surface area contributed by atoms with Crippen LogP contribution in [0, 0.1) is 0 Å². The molecule has 0 atom stereocenters. The van der Waals surface area contributed by atoms with E-state index in [0.717, 1.165) is 30.2 Å². The lowest BCUT2D eigenvalue weighted by molar-refractivity contribution is 0.0638. The van der Waals surface area contributed by atoms with Gasteiger partial charge < -0.3 is 0 Å². The maximum absolute atomic E-state index is 12.7. The lowest BCUT2D eigenvalue weighted by Gasteiger charge is -2.12. The number of nitrogens with zero attached hydrogens (tertiary/aromatic N) is 2. The number of rotatable bonds is 7. The average molecular weight is 402 g/mol. The van der Waals surface area contributed by atoms with E-state index in [1.165, 1.54) is 9.80 Å². The number of imide groups is 2. The monoisotopic (exact) mass is 402 g/mol. The molecule has 0 saturated heterocycles. The predicted octanol–water partition coefficient (Wildman–Crippen LogP) is 1.48. The van der Waals surface area contributed by atoms with Crippen molar-refractivity contribution in [3.63, 3.8) is 0 Å². The van der Waals surface area contributed by atoms with Gasteiger partial charge in [-0.2, -0.15) is 0 Å². The van der Waals surface area contributed by atoms with Gasteiger partial charge in [-0.1, -0.05) is 55.5 Å². The molecule has 2 heterocycles. The Morgan fingerprint density at radius 1 is 0.633 bits per heavy atom. The summed E-state index contributed by atoms with van der Waals surface area (Å²) in [5.74, 6) is -0.958. The molecule has 2 aliphatic heterocycles. The van der Waals surface area contributed by atoms with Crippen molar-refractivity contribution in [2.75, 3.05) is 13.1 Å². The molecule has 0 aromatic heterocycles. The van der Waals surface area contributed by atoms with Gasteiger partial charge >= 0.3 is 0 Å². The van der Waals surface area contributed by atoms with E-state index >= 15 is 0 Å². The van der Waals surface area contributed by atoms with Crippen LogP contribution in [0.3, 0.4) is 0 Å². The first-order chi connectivity index (χ1) is 14.5. The van der Waals surface area contributed by atoms with Crippen molar-refractivity contribution in [2.24, 2.45) is 0 Å². The van der Waals surface area contributed by atoms with E-state index in [4.69, 9.17) is 0 Å². The number of carbonyl (C=O) groups is 4. The van der Waals surface area contributed by atoms with Crippen LogP contribution >= 0.6 is 0 Å². The summed E-state index contributed by atoms with van der Waals surface area (Å²) < 4.78 is 0. The Balaban J connectivity index is 1.57. The highest BCUT2D eigenvalue weighted by Crippen LogP contribution is 2.23. The molecule has 0 saturated carbocycles. The molecule has 6 nitrogen and oxygen atoms in total. The molecule has 7 heteroatoms. The van der Waals surface area contributed by atoms with Crippen LogP contribution in [0.1, 0.15) is 74.5 Å². The fraction of sp³-hybridized carbons (Fsp3) is 0.304. The van der Waals surface area contributed by atoms with Crippen LogP contribution in [-0.4, -0.2) is 53.8 Å². The van der Waals surface area contributed by atoms with Gasteiger partial charge in [0.05, 0.1) is 22.3 Å². The standard InChI is InChI=1S/C23H23BN2O4/c1-3-5-11-26-21(28)17-9-7-15(13-19(17)23(26)30)24-14-6-8-16-18(12-14)22(29)25(10-4-2)20(16)27/h6-9,12-13,24H,3-5,10-11H2,1-2H3. The molecular formula is C23H23BN2O4. The summed E-state index contributed by atoms with van der Waals surface area (Å²) in [6, 6.07) is 10.6. The summed E-state index contributed by atoms with van der Waals surface area (Å²) in [6.07, 6.45) is 2.42. The second-order valence-corrected chi connectivity index (χ2v) is 7.81. The highest BCUT2D eigenvalue weighted by atomic mass is 16.2. The number of hydrogen-bond acceptors (Lipinski definition) is 4. The second kappa shape index (κ2) is 7.90. The number of unbranched alkanes of at least 4 members (excludes halogenated alkanes) is 1. The number of fused-ring (bicyclic) bond motifs is 2. The Bertz CT molecular complexity index is 1080. The van der Waals surface area contributed by atoms with Crippen LogP contribution in [0.25, 0.3) is 0 Å². The summed E-state index contributed by atoms with van der Waals surface area (Å²) in [7, 11) is 0.506. The third kappa shape index (κ3) is 3.24. The van der Waals surface area contributed by atoms with Gasteiger partial charge in [0.1, 0.15) is 0 Å². The highest BCUT2D eigenvalue weighted by Gasteiger charge is 2.36. The molecule has 4 rings (SSSR count). The van der Waals surface area contributed by atoms with Crippen LogP contribution in [-0.2, 0) is 0 Å². The van der Waals surface area contributed by atoms with Crippen molar-refractivity contribution in [1.82, 2.24) is 9.80 Å². The molecule has 4 amide bonds. The predicted molar refractivity (Wildman–Crippen MR) is 115 cm³/mol. The molecule has 0 spiro atoms. The van der Waals surface area contributed by atoms with Gasteiger partial charge in [-0.15, -0.1) is 0 Å². The van der Waals surface area contributed by atoms with Crippen molar-refractivity contribution < 1.29 is 19.2 Å². The maximum atomic E-state index is 12.7. The number of amides is 4. The van der Waals surface area contributed by atoms with Gasteiger partial charge in [-0.3, -0.25) is 29.0 Å². The molecule has 2 aliphatic rings. The van der Waals surface area contributed by atoms with Gasteiger partial charge in [0.2, 0.25) is 0 Å². The first-order valence-corrected chi connectivity index (χ1v) is 10.4. The molecule has 0 aliphatic carbocycles. The minimum Gasteiger partial charge on any atom is -0.274 e. The molecule has 2 aromatic carbocycles. The Morgan fingerprint density at radius 2 is 1.10 bits per heavy atom. The van der Waals surface area contributed by atoms with Crippen LogP contribution in [0.4, 0.5) is 0 Å². The number of benzene rings is 2. The van der Waals surface area contributed by atoms with E-state index in [0.29, 0.717) is 42.6 Å². The van der Waals surface area contributed by atoms with E-state index in [1.807, 2.05) is 26.0 Å². The molecule has 30 heavy (non-hydrogen) atoms. The molecular weight excluding hydrogens is 379 g/mol. The van der Waals surface area contributed by atoms with Crippen molar-refractivity contribution in [3.8, 4) is 0 Å². The summed E-state index contributed by atoms with van der Waals surface area (Å²) in [5.41, 5.74) is 3.53. The summed E-state index contributed by atoms with van der Waals surface area (Å²) in [5, 5.41) is 0. The van der Waals surface area contributed by atoms with Crippen molar-refractivity contribution in [3.05, 3.63) is 58.7 Å². The SMILES string of the molecule is CCCCN1C(=O)c2ccc(Bc3ccc4c(c3)C(=O)N(CCC)C4=O)cc2C1=O. The Hall–Kier alpha value is -3.22. The largest absolute Gasteiger partial charge is 0.274 e. The summed E-state index contributed by atoms with van der Waals surface area (Å²) in [4.78, 5) is 52.7. The van der Waals surface area contributed by atoms with Crippen LogP contribution < -0.4 is 10.9 Å². The lowest BCUT2D eigenvalue weighted by atomic mass is 9.63. The summed E-state index contributed by atoms with van der Waals surface area (Å²) in [6.45, 7) is 4.80. The van der Waals surface area contributed by atoms with Crippen LogP contribution in [0.2, 0.25) is 0 Å². The Labute approximate surface area is 176 Å². The van der Waals surface area contributed by atoms with Gasteiger partial charge in [0, 0.05) is 13.1 Å². The fourth-order valence-corrected chi connectivity index (χ4v) is 4.08. The van der Waals surface area contributed by atoms with E-state index in [-0.39, 0.29) is 23.6 Å². The second-order valence-electron chi connectivity index (χ2n) is 7.81. The number of hydrogen-bond donors (Lipinski definition) is 0. The van der Waals surface area contributed by atoms with E-state index < -0.39 is 0 Å². The molecule has 0 N–H and O–H groups in total. The van der Waals surface area contributed by atoms with Crippen LogP contribution in [0.15, 0.2) is 36.4 Å². The van der Waals surface area contributed by atoms with E-state index in [1.54, 1.807) is 24.3 Å². The molecule has 0 bridgehead atoms. The lowest BCUT2D eigenvalue weighted by Crippen LogP contribution is -2.31. The first kappa shape index (κ1) is 20.1. The Kier molecular flexibility index (Phi) is 5.28. The number of carbonyl (C=O) groups excluding carboxylic acids is 4. The smallest absolute Gasteiger partial charge is 0.261 e. The zero-order valence-electron chi connectivity index (χ0n) is 17.2. The van der Waals surface area contributed by atoms with Crippen molar-refractivity contribution in [1.29, 1.82) is 0 Å². The summed E-state index contributed by atoms with van der Waals surface area (Å²) >= 11 is 0. The van der Waals surface area contributed by atoms with E-state index in [9.17, 15) is 19.2 Å². The zero-order valence-corrected chi connectivity index (χ0v) is 17.2. The molecule has 0 radical (unpaired) electrons. The molecule has 0 fully saturated rings. The molecule has 0 unspecified atom stereocenters. The molecule has 152 valence electrons. The minimum atomic E-state index is -0.250. The van der Waals surface area contributed by atoms with Crippen LogP contribution in [0.5, 0.6) is 0 Å². The van der Waals surface area contributed by atoms with Gasteiger partial charge in [-0.25, -0.2) is 0 Å². The third-order valence-electron chi connectivity index (χ3n) is 5.66. The fourth-order valence-electron chi connectivity index (χ4n) is 4.08. The topological polar surface area (TPSA) is 74.8 Å². The minimum absolute atomic E-state index is 0.229. The highest BCUT2D eigenvalue weighted by molar-refractivity contribution is 6.67. The van der Waals surface area contributed by atoms with Gasteiger partial charge in [0.25, 0.3) is 23.6 Å². The molecule has 2 aromatic rings. The Morgan fingerprint density at radius 3 is 1.57 bits per heavy atom. The maximum Gasteiger partial charge on any atom is 0.261 e. The quantitative estimate of drug-likeness (QED) is 0.520. The normalized spacial score (nSPS) is 15.1. The average Bonchev–Trinajstić information content (AvgIpc) is 3.12. The first-order valence-electron chi connectivity index (χ1n) is 10.4. The van der Waals surface area contributed by atoms with Crippen molar-refractivity contribution in [2.45, 2.75) is 33.1 Å². The third-order valence-corrected chi connectivity index (χ3v) is 5.66. The zero-order chi connectivity index (χ0) is 21.4. The van der Waals surface area contributed by atoms with Gasteiger partial charge in [0.15, 0.2) is 7.28 Å².